The molecule has 3 amide bonds. The number of hydrogen-bond acceptors (Lipinski definition) is 6. The van der Waals surface area contributed by atoms with Crippen LogP contribution in [0, 0.1) is 6.92 Å². The van der Waals surface area contributed by atoms with E-state index in [4.69, 9.17) is 16.6 Å². The Morgan fingerprint density at radius 3 is 2.38 bits per heavy atom. The number of fused-ring (bicyclic) bond motifs is 1. The summed E-state index contributed by atoms with van der Waals surface area (Å²) in [6, 6.07) is 15.3. The van der Waals surface area contributed by atoms with Crippen LogP contribution in [-0.4, -0.2) is 90.0 Å². The normalized spacial score (nSPS) is 22.9. The molecule has 8 nitrogen and oxygen atoms in total. The molecular formula is C25H29ClN6O2. The van der Waals surface area contributed by atoms with Crippen LogP contribution >= 0.6 is 11.6 Å². The zero-order chi connectivity index (χ0) is 24.0. The van der Waals surface area contributed by atoms with Gasteiger partial charge in [-0.25, -0.2) is 9.79 Å². The van der Waals surface area contributed by atoms with E-state index < -0.39 is 12.2 Å². The summed E-state index contributed by atoms with van der Waals surface area (Å²) in [6.45, 7) is 5.77. The Balaban J connectivity index is 1.42. The standard InChI is InChI=1S/C25H29ClN6O2/c1-17-6-4-7-18(14-17)16-32-21-22(28(2)25(34)29(3)23(21)33)27-24(32)31-12-10-30(11-13-31)20-9-5-8-19(26)15-20/h4-9,14-15,21-22H,10-13,16H2,1-3H3. The lowest BCUT2D eigenvalue weighted by molar-refractivity contribution is -0.136. The van der Waals surface area contributed by atoms with E-state index in [0.29, 0.717) is 6.54 Å². The molecule has 0 saturated carbocycles. The van der Waals surface area contributed by atoms with Gasteiger partial charge in [0.2, 0.25) is 0 Å². The van der Waals surface area contributed by atoms with Crippen LogP contribution in [0.15, 0.2) is 53.5 Å². The number of hydrogen-bond donors (Lipinski definition) is 0. The number of likely N-dealkylation sites (N-methyl/N-ethyl adjacent to an activating group) is 2. The Morgan fingerprint density at radius 2 is 1.68 bits per heavy atom. The molecule has 3 heterocycles. The fraction of sp³-hybridized carbons (Fsp3) is 0.400. The molecule has 9 heteroatoms. The number of imide groups is 1. The van der Waals surface area contributed by atoms with Gasteiger partial charge in [-0.3, -0.25) is 9.69 Å². The van der Waals surface area contributed by atoms with Gasteiger partial charge in [0.1, 0.15) is 0 Å². The number of carbonyl (C=O) groups is 2. The van der Waals surface area contributed by atoms with Crippen LogP contribution in [0.25, 0.3) is 0 Å². The van der Waals surface area contributed by atoms with Gasteiger partial charge in [-0.1, -0.05) is 47.5 Å². The topological polar surface area (TPSA) is 62.7 Å². The first-order chi connectivity index (χ1) is 16.3. The van der Waals surface area contributed by atoms with Gasteiger partial charge < -0.3 is 19.6 Å². The molecule has 3 aliphatic rings. The quantitative estimate of drug-likeness (QED) is 0.676. The molecule has 0 aliphatic carbocycles. The summed E-state index contributed by atoms with van der Waals surface area (Å²) >= 11 is 6.19. The molecule has 2 atom stereocenters. The first-order valence-corrected chi connectivity index (χ1v) is 11.9. The molecule has 0 spiro atoms. The minimum Gasteiger partial charge on any atom is -0.368 e. The fourth-order valence-electron chi connectivity index (χ4n) is 5.03. The number of benzene rings is 2. The predicted molar refractivity (Wildman–Crippen MR) is 133 cm³/mol. The largest absolute Gasteiger partial charge is 0.368 e. The van der Waals surface area contributed by atoms with Gasteiger partial charge in [-0.05, 0) is 30.7 Å². The maximum Gasteiger partial charge on any atom is 0.328 e. The first-order valence-electron chi connectivity index (χ1n) is 11.5. The van der Waals surface area contributed by atoms with Gasteiger partial charge in [0.25, 0.3) is 5.91 Å². The van der Waals surface area contributed by atoms with Crippen molar-refractivity contribution < 1.29 is 9.59 Å². The first kappa shape index (κ1) is 22.5. The van der Waals surface area contributed by atoms with E-state index in [1.54, 1.807) is 19.0 Å². The minimum atomic E-state index is -0.533. The number of guanidine groups is 1. The molecule has 3 aliphatic heterocycles. The predicted octanol–water partition coefficient (Wildman–Crippen LogP) is 2.86. The van der Waals surface area contributed by atoms with Crippen LogP contribution in [0.5, 0.6) is 0 Å². The molecule has 34 heavy (non-hydrogen) atoms. The van der Waals surface area contributed by atoms with Crippen molar-refractivity contribution in [1.82, 2.24) is 19.6 Å². The summed E-state index contributed by atoms with van der Waals surface area (Å²) < 4.78 is 0. The monoisotopic (exact) mass is 480 g/mol. The summed E-state index contributed by atoms with van der Waals surface area (Å²) in [4.78, 5) is 40.2. The maximum absolute atomic E-state index is 13.3. The van der Waals surface area contributed by atoms with Crippen molar-refractivity contribution in [2.45, 2.75) is 25.7 Å². The second kappa shape index (κ2) is 8.83. The van der Waals surface area contributed by atoms with Crippen molar-refractivity contribution in [3.63, 3.8) is 0 Å². The lowest BCUT2D eigenvalue weighted by Gasteiger charge is -2.42. The van der Waals surface area contributed by atoms with Crippen LogP contribution in [0.1, 0.15) is 11.1 Å². The minimum absolute atomic E-state index is 0.211. The Labute approximate surface area is 205 Å². The van der Waals surface area contributed by atoms with Crippen molar-refractivity contribution in [2.24, 2.45) is 4.99 Å². The average Bonchev–Trinajstić information content (AvgIpc) is 3.21. The molecule has 178 valence electrons. The van der Waals surface area contributed by atoms with Crippen LogP contribution < -0.4 is 4.90 Å². The number of amides is 3. The number of urea groups is 1. The van der Waals surface area contributed by atoms with Crippen molar-refractivity contribution in [2.75, 3.05) is 45.2 Å². The lowest BCUT2D eigenvalue weighted by Crippen LogP contribution is -2.64. The van der Waals surface area contributed by atoms with Gasteiger partial charge in [0, 0.05) is 57.5 Å². The van der Waals surface area contributed by atoms with E-state index in [1.807, 2.05) is 24.3 Å². The number of nitrogens with zero attached hydrogens (tertiary/aromatic N) is 6. The molecule has 0 radical (unpaired) electrons. The van der Waals surface area contributed by atoms with E-state index in [2.05, 4.69) is 45.9 Å². The zero-order valence-electron chi connectivity index (χ0n) is 19.7. The number of rotatable bonds is 3. The molecule has 2 aromatic rings. The van der Waals surface area contributed by atoms with E-state index in [1.165, 1.54) is 10.5 Å². The lowest BCUT2D eigenvalue weighted by atomic mass is 10.1. The molecule has 2 fully saturated rings. The summed E-state index contributed by atoms with van der Waals surface area (Å²) in [5, 5.41) is 0.726. The van der Waals surface area contributed by atoms with Crippen LogP contribution in [0.2, 0.25) is 5.02 Å². The van der Waals surface area contributed by atoms with Crippen molar-refractivity contribution in [1.29, 1.82) is 0 Å². The molecule has 2 aromatic carbocycles. The molecule has 0 bridgehead atoms. The number of piperazine rings is 1. The number of halogens is 1. The number of aryl methyl sites for hydroxylation is 1. The van der Waals surface area contributed by atoms with E-state index >= 15 is 0 Å². The van der Waals surface area contributed by atoms with Crippen molar-refractivity contribution in [3.05, 3.63) is 64.7 Å². The van der Waals surface area contributed by atoms with Gasteiger partial charge >= 0.3 is 6.03 Å². The van der Waals surface area contributed by atoms with Gasteiger partial charge in [-0.2, -0.15) is 0 Å². The third-order valence-corrected chi connectivity index (χ3v) is 7.10. The third-order valence-electron chi connectivity index (χ3n) is 6.86. The Bertz CT molecular complexity index is 1150. The Hall–Kier alpha value is -3.26. The Kier molecular flexibility index (Phi) is 5.85. The molecule has 0 N–H and O–H groups in total. The fourth-order valence-corrected chi connectivity index (χ4v) is 5.21. The van der Waals surface area contributed by atoms with Crippen LogP contribution in [-0.2, 0) is 11.3 Å². The Morgan fingerprint density at radius 1 is 0.971 bits per heavy atom. The van der Waals surface area contributed by atoms with Crippen molar-refractivity contribution >= 4 is 35.2 Å². The average molecular weight is 481 g/mol. The summed E-state index contributed by atoms with van der Waals surface area (Å²) in [7, 11) is 3.27. The highest BCUT2D eigenvalue weighted by molar-refractivity contribution is 6.30. The second-order valence-electron chi connectivity index (χ2n) is 9.15. The molecule has 0 aromatic heterocycles. The SMILES string of the molecule is Cc1cccc(CN2C(N3CCN(c4cccc(Cl)c4)CC3)=NC3C2C(=O)N(C)C(=O)N3C)c1. The van der Waals surface area contributed by atoms with E-state index in [-0.39, 0.29) is 11.9 Å². The number of anilines is 1. The maximum atomic E-state index is 13.3. The summed E-state index contributed by atoms with van der Waals surface area (Å²) in [5.74, 6) is 0.572. The van der Waals surface area contributed by atoms with Gasteiger partial charge in [-0.15, -0.1) is 0 Å². The summed E-state index contributed by atoms with van der Waals surface area (Å²) in [6.07, 6.45) is -0.526. The van der Waals surface area contributed by atoms with E-state index in [0.717, 1.165) is 48.4 Å². The highest BCUT2D eigenvalue weighted by atomic mass is 35.5. The number of aliphatic imine (C=N–C) groups is 1. The molecule has 5 rings (SSSR count). The van der Waals surface area contributed by atoms with Gasteiger partial charge in [0.05, 0.1) is 0 Å². The summed E-state index contributed by atoms with van der Waals surface area (Å²) in [5.41, 5.74) is 3.38. The highest BCUT2D eigenvalue weighted by Crippen LogP contribution is 2.31. The highest BCUT2D eigenvalue weighted by Gasteiger charge is 2.52. The molecule has 2 unspecified atom stereocenters. The number of carbonyl (C=O) groups excluding carboxylic acids is 2. The van der Waals surface area contributed by atoms with E-state index in [9.17, 15) is 9.59 Å². The molecular weight excluding hydrogens is 452 g/mol. The van der Waals surface area contributed by atoms with Crippen molar-refractivity contribution in [3.8, 4) is 0 Å². The third kappa shape index (κ3) is 3.96. The van der Waals surface area contributed by atoms with Crippen LogP contribution in [0.3, 0.4) is 0 Å². The molecule has 2 saturated heterocycles. The second-order valence-corrected chi connectivity index (χ2v) is 9.59. The van der Waals surface area contributed by atoms with Crippen LogP contribution in [0.4, 0.5) is 10.5 Å². The van der Waals surface area contributed by atoms with Gasteiger partial charge in [0.15, 0.2) is 18.2 Å². The zero-order valence-corrected chi connectivity index (χ0v) is 20.4. The smallest absolute Gasteiger partial charge is 0.328 e.